The Morgan fingerprint density at radius 1 is 1.31 bits per heavy atom. The van der Waals surface area contributed by atoms with Crippen LogP contribution < -0.4 is 0 Å². The van der Waals surface area contributed by atoms with Gasteiger partial charge in [0.05, 0.1) is 24.0 Å². The van der Waals surface area contributed by atoms with Gasteiger partial charge in [0, 0.05) is 0 Å². The summed E-state index contributed by atoms with van der Waals surface area (Å²) in [7, 11) is 0. The van der Waals surface area contributed by atoms with Crippen LogP contribution >= 0.6 is 0 Å². The quantitative estimate of drug-likeness (QED) is 0.649. The molecule has 1 aliphatic rings. The molecule has 1 fully saturated rings. The van der Waals surface area contributed by atoms with Crippen molar-refractivity contribution in [1.82, 2.24) is 0 Å². The third kappa shape index (κ3) is 2.22. The number of rotatable bonds is 2. The van der Waals surface area contributed by atoms with Crippen molar-refractivity contribution in [3.05, 3.63) is 0 Å². The lowest BCUT2D eigenvalue weighted by Crippen LogP contribution is -2.25. The molecule has 0 aromatic carbocycles. The fourth-order valence-electron chi connectivity index (χ4n) is 2.12. The highest BCUT2D eigenvalue weighted by Gasteiger charge is 2.34. The second-order valence-corrected chi connectivity index (χ2v) is 4.08. The van der Waals surface area contributed by atoms with Gasteiger partial charge >= 0.3 is 0 Å². The molecule has 1 aliphatic carbocycles. The van der Waals surface area contributed by atoms with Gasteiger partial charge in [0.2, 0.25) is 0 Å². The molecule has 13 heavy (non-hydrogen) atoms. The molecule has 1 rings (SSSR count). The Bertz CT molecular complexity index is 236. The van der Waals surface area contributed by atoms with E-state index in [2.05, 4.69) is 19.1 Å². The molecule has 2 heteroatoms. The highest BCUT2D eigenvalue weighted by Crippen LogP contribution is 2.41. The van der Waals surface area contributed by atoms with E-state index in [1.807, 2.05) is 0 Å². The lowest BCUT2D eigenvalue weighted by molar-refractivity contribution is 0.210. The molecular weight excluding hydrogens is 160 g/mol. The zero-order chi connectivity index (χ0) is 9.73. The first-order chi connectivity index (χ1) is 6.26. The molecule has 0 spiro atoms. The summed E-state index contributed by atoms with van der Waals surface area (Å²) in [6.45, 7) is 2.20. The molecule has 0 saturated heterocycles. The smallest absolute Gasteiger partial charge is 0.0704 e. The second kappa shape index (κ2) is 4.28. The van der Waals surface area contributed by atoms with Crippen molar-refractivity contribution in [3.8, 4) is 12.1 Å². The highest BCUT2D eigenvalue weighted by atomic mass is 14.4. The number of hydrogen-bond donors (Lipinski definition) is 0. The van der Waals surface area contributed by atoms with E-state index in [1.54, 1.807) is 0 Å². The summed E-state index contributed by atoms with van der Waals surface area (Å²) >= 11 is 0. The Hall–Kier alpha value is -1.02. The summed E-state index contributed by atoms with van der Waals surface area (Å²) < 4.78 is 0. The van der Waals surface area contributed by atoms with Crippen molar-refractivity contribution in [2.45, 2.75) is 45.4 Å². The average Bonchev–Trinajstić information content (AvgIpc) is 2.19. The normalized spacial score (nSPS) is 33.3. The van der Waals surface area contributed by atoms with E-state index in [1.165, 1.54) is 6.42 Å². The minimum absolute atomic E-state index is 0.305. The van der Waals surface area contributed by atoms with Gasteiger partial charge < -0.3 is 0 Å². The highest BCUT2D eigenvalue weighted by molar-refractivity contribution is 5.05. The molecule has 0 aromatic heterocycles. The van der Waals surface area contributed by atoms with Crippen LogP contribution in [0, 0.1) is 34.0 Å². The Morgan fingerprint density at radius 3 is 2.31 bits per heavy atom. The number of nitrogens with zero attached hydrogens (tertiary/aromatic N) is 2. The molecule has 0 aromatic rings. The molecule has 2 nitrogen and oxygen atoms in total. The van der Waals surface area contributed by atoms with Gasteiger partial charge in [-0.1, -0.05) is 13.3 Å². The Kier molecular flexibility index (Phi) is 3.32. The topological polar surface area (TPSA) is 47.6 Å². The van der Waals surface area contributed by atoms with Gasteiger partial charge in [-0.3, -0.25) is 0 Å². The van der Waals surface area contributed by atoms with Crippen molar-refractivity contribution in [2.24, 2.45) is 11.3 Å². The van der Waals surface area contributed by atoms with Gasteiger partial charge in [-0.15, -0.1) is 0 Å². The molecule has 0 atom stereocenters. The maximum Gasteiger partial charge on any atom is 0.0704 e. The molecule has 0 bridgehead atoms. The van der Waals surface area contributed by atoms with Gasteiger partial charge in [0.1, 0.15) is 0 Å². The first-order valence-electron chi connectivity index (χ1n) is 5.04. The molecule has 70 valence electrons. The predicted octanol–water partition coefficient (Wildman–Crippen LogP) is 3.01. The lowest BCUT2D eigenvalue weighted by Gasteiger charge is -2.32. The van der Waals surface area contributed by atoms with Crippen molar-refractivity contribution in [1.29, 1.82) is 10.5 Å². The maximum atomic E-state index is 9.03. The van der Waals surface area contributed by atoms with E-state index in [9.17, 15) is 0 Å². The van der Waals surface area contributed by atoms with Crippen LogP contribution in [0.3, 0.4) is 0 Å². The number of hydrogen-bond acceptors (Lipinski definition) is 2. The van der Waals surface area contributed by atoms with E-state index in [0.29, 0.717) is 6.42 Å². The van der Waals surface area contributed by atoms with Crippen molar-refractivity contribution in [2.75, 3.05) is 0 Å². The molecule has 1 saturated carbocycles. The van der Waals surface area contributed by atoms with Crippen LogP contribution in [0.4, 0.5) is 0 Å². The minimum Gasteiger partial charge on any atom is -0.198 e. The molecule has 0 unspecified atom stereocenters. The first-order valence-corrected chi connectivity index (χ1v) is 5.04. The minimum atomic E-state index is -0.305. The SMILES string of the molecule is CC[C@H]1CC[C@](C#N)(CC#N)CC1. The van der Waals surface area contributed by atoms with Crippen LogP contribution in [-0.4, -0.2) is 0 Å². The largest absolute Gasteiger partial charge is 0.198 e. The van der Waals surface area contributed by atoms with Gasteiger partial charge in [-0.25, -0.2) is 0 Å². The van der Waals surface area contributed by atoms with Gasteiger partial charge in [0.15, 0.2) is 0 Å². The van der Waals surface area contributed by atoms with E-state index < -0.39 is 0 Å². The van der Waals surface area contributed by atoms with Crippen molar-refractivity contribution >= 4 is 0 Å². The Labute approximate surface area is 80.2 Å². The summed E-state index contributed by atoms with van der Waals surface area (Å²) in [5.74, 6) is 0.792. The summed E-state index contributed by atoms with van der Waals surface area (Å²) in [4.78, 5) is 0. The van der Waals surface area contributed by atoms with Gasteiger partial charge in [-0.2, -0.15) is 10.5 Å². The van der Waals surface area contributed by atoms with Crippen molar-refractivity contribution in [3.63, 3.8) is 0 Å². The second-order valence-electron chi connectivity index (χ2n) is 4.08. The fourth-order valence-corrected chi connectivity index (χ4v) is 2.12. The van der Waals surface area contributed by atoms with E-state index >= 15 is 0 Å². The fraction of sp³-hybridized carbons (Fsp3) is 0.818. The maximum absolute atomic E-state index is 9.03. The average molecular weight is 176 g/mol. The molecule has 0 aliphatic heterocycles. The van der Waals surface area contributed by atoms with Crippen LogP contribution in [0.1, 0.15) is 45.4 Å². The Morgan fingerprint density at radius 2 is 1.92 bits per heavy atom. The van der Waals surface area contributed by atoms with Crippen LogP contribution in [-0.2, 0) is 0 Å². The zero-order valence-electron chi connectivity index (χ0n) is 8.21. The summed E-state index contributed by atoms with van der Waals surface area (Å²) in [5, 5.41) is 17.7. The van der Waals surface area contributed by atoms with Crippen LogP contribution in [0.25, 0.3) is 0 Å². The molecular formula is C11H16N2. The van der Waals surface area contributed by atoms with Crippen molar-refractivity contribution < 1.29 is 0 Å². The Balaban J connectivity index is 2.55. The summed E-state index contributed by atoms with van der Waals surface area (Å²) in [6.07, 6.45) is 5.75. The lowest BCUT2D eigenvalue weighted by atomic mass is 9.69. The third-order valence-electron chi connectivity index (χ3n) is 3.29. The van der Waals surface area contributed by atoms with Crippen LogP contribution in [0.5, 0.6) is 0 Å². The monoisotopic (exact) mass is 176 g/mol. The van der Waals surface area contributed by atoms with Gasteiger partial charge in [0.25, 0.3) is 0 Å². The molecule has 0 heterocycles. The van der Waals surface area contributed by atoms with E-state index in [-0.39, 0.29) is 5.41 Å². The molecule has 0 N–H and O–H groups in total. The molecule has 0 radical (unpaired) electrons. The third-order valence-corrected chi connectivity index (χ3v) is 3.29. The van der Waals surface area contributed by atoms with E-state index in [4.69, 9.17) is 10.5 Å². The zero-order valence-corrected chi connectivity index (χ0v) is 8.21. The summed E-state index contributed by atoms with van der Waals surface area (Å²) in [5.41, 5.74) is -0.305. The van der Waals surface area contributed by atoms with Crippen LogP contribution in [0.2, 0.25) is 0 Å². The predicted molar refractivity (Wildman–Crippen MR) is 50.5 cm³/mol. The standard InChI is InChI=1S/C11H16N2/c1-2-10-3-5-11(9-13,6-4-10)7-8-12/h10H,2-7H2,1H3/t10-,11+. The number of nitriles is 2. The first kappa shape index (κ1) is 10.1. The summed E-state index contributed by atoms with van der Waals surface area (Å²) in [6, 6.07) is 4.48. The van der Waals surface area contributed by atoms with Crippen LogP contribution in [0.15, 0.2) is 0 Å². The molecule has 0 amide bonds. The van der Waals surface area contributed by atoms with E-state index in [0.717, 1.165) is 31.6 Å². The van der Waals surface area contributed by atoms with Gasteiger partial charge in [-0.05, 0) is 31.6 Å².